The third-order valence-corrected chi connectivity index (χ3v) is 3.84. The summed E-state index contributed by atoms with van der Waals surface area (Å²) >= 11 is 0. The Labute approximate surface area is 158 Å². The maximum absolute atomic E-state index is 12.0. The van der Waals surface area contributed by atoms with Crippen LogP contribution in [0.1, 0.15) is 12.0 Å². The van der Waals surface area contributed by atoms with Gasteiger partial charge in [-0.2, -0.15) is 5.26 Å². The van der Waals surface area contributed by atoms with E-state index in [1.165, 1.54) is 0 Å². The highest BCUT2D eigenvalue weighted by Crippen LogP contribution is 2.21. The van der Waals surface area contributed by atoms with Gasteiger partial charge >= 0.3 is 0 Å². The molecular formula is C22H19N3O2. The lowest BCUT2D eigenvalue weighted by Crippen LogP contribution is -2.15. The predicted octanol–water partition coefficient (Wildman–Crippen LogP) is 4.71. The number of carbonyl (C=O) groups excluding carboxylic acids is 1. The molecule has 0 saturated carbocycles. The minimum Gasteiger partial charge on any atom is -0.493 e. The molecule has 0 aliphatic heterocycles. The maximum atomic E-state index is 12.0. The Balaban J connectivity index is 1.50. The molecule has 0 spiro atoms. The molecular weight excluding hydrogens is 338 g/mol. The van der Waals surface area contributed by atoms with E-state index in [9.17, 15) is 4.79 Å². The second-order valence-electron chi connectivity index (χ2n) is 5.82. The molecule has 0 bridgehead atoms. The van der Waals surface area contributed by atoms with Gasteiger partial charge in [0, 0.05) is 11.4 Å². The molecule has 0 unspecified atom stereocenters. The van der Waals surface area contributed by atoms with Crippen LogP contribution in [0.3, 0.4) is 0 Å². The number of hydrogen-bond acceptors (Lipinski definition) is 4. The normalized spacial score (nSPS) is 9.89. The third-order valence-electron chi connectivity index (χ3n) is 3.84. The SMILES string of the molecule is N#Cc1ccccc1Nc1ccc(NC(=O)CCOc2ccccc2)cc1. The molecule has 0 aromatic heterocycles. The number of nitrogens with one attached hydrogen (secondary N) is 2. The Hall–Kier alpha value is -3.78. The molecule has 5 nitrogen and oxygen atoms in total. The highest BCUT2D eigenvalue weighted by molar-refractivity contribution is 5.91. The topological polar surface area (TPSA) is 74.2 Å². The first-order valence-corrected chi connectivity index (χ1v) is 8.58. The van der Waals surface area contributed by atoms with Crippen molar-refractivity contribution < 1.29 is 9.53 Å². The zero-order valence-electron chi connectivity index (χ0n) is 14.7. The summed E-state index contributed by atoms with van der Waals surface area (Å²) in [4.78, 5) is 12.0. The van der Waals surface area contributed by atoms with Crippen molar-refractivity contribution in [2.45, 2.75) is 6.42 Å². The molecule has 0 aliphatic rings. The van der Waals surface area contributed by atoms with Crippen molar-refractivity contribution in [1.82, 2.24) is 0 Å². The van der Waals surface area contributed by atoms with Gasteiger partial charge in [0.15, 0.2) is 0 Å². The molecule has 3 aromatic rings. The van der Waals surface area contributed by atoms with E-state index in [0.717, 1.165) is 17.1 Å². The lowest BCUT2D eigenvalue weighted by molar-refractivity contribution is -0.116. The van der Waals surface area contributed by atoms with E-state index in [2.05, 4.69) is 16.7 Å². The standard InChI is InChI=1S/C22H19N3O2/c23-16-17-6-4-5-9-21(17)24-18-10-12-19(13-11-18)25-22(26)14-15-27-20-7-2-1-3-8-20/h1-13,24H,14-15H2,(H,25,26). The number of amides is 1. The lowest BCUT2D eigenvalue weighted by atomic mass is 10.2. The minimum absolute atomic E-state index is 0.110. The fourth-order valence-electron chi connectivity index (χ4n) is 2.48. The Morgan fingerprint density at radius 3 is 2.30 bits per heavy atom. The number of carbonyl (C=O) groups is 1. The van der Waals surface area contributed by atoms with Crippen molar-refractivity contribution in [3.63, 3.8) is 0 Å². The number of anilines is 3. The zero-order chi connectivity index (χ0) is 18.9. The average molecular weight is 357 g/mol. The number of para-hydroxylation sites is 2. The van der Waals surface area contributed by atoms with E-state index < -0.39 is 0 Å². The minimum atomic E-state index is -0.110. The molecule has 1 amide bonds. The van der Waals surface area contributed by atoms with E-state index in [-0.39, 0.29) is 12.3 Å². The highest BCUT2D eigenvalue weighted by Gasteiger charge is 2.04. The highest BCUT2D eigenvalue weighted by atomic mass is 16.5. The number of nitriles is 1. The van der Waals surface area contributed by atoms with E-state index in [1.807, 2.05) is 72.8 Å². The lowest BCUT2D eigenvalue weighted by Gasteiger charge is -2.10. The molecule has 0 fully saturated rings. The van der Waals surface area contributed by atoms with Gasteiger partial charge in [-0.05, 0) is 48.5 Å². The number of benzene rings is 3. The van der Waals surface area contributed by atoms with Crippen LogP contribution in [0.5, 0.6) is 5.75 Å². The van der Waals surface area contributed by atoms with Crippen LogP contribution in [0, 0.1) is 11.3 Å². The van der Waals surface area contributed by atoms with Crippen LogP contribution in [0.25, 0.3) is 0 Å². The molecule has 5 heteroatoms. The van der Waals surface area contributed by atoms with Gasteiger partial charge in [0.05, 0.1) is 24.3 Å². The summed E-state index contributed by atoms with van der Waals surface area (Å²) in [5.74, 6) is 0.639. The largest absolute Gasteiger partial charge is 0.493 e. The van der Waals surface area contributed by atoms with Crippen LogP contribution < -0.4 is 15.4 Å². The van der Waals surface area contributed by atoms with Gasteiger partial charge in [0.25, 0.3) is 0 Å². The fraction of sp³-hybridized carbons (Fsp3) is 0.0909. The number of rotatable bonds is 7. The quantitative estimate of drug-likeness (QED) is 0.642. The first-order valence-electron chi connectivity index (χ1n) is 8.58. The molecule has 3 aromatic carbocycles. The number of ether oxygens (including phenoxy) is 1. The Morgan fingerprint density at radius 2 is 1.56 bits per heavy atom. The van der Waals surface area contributed by atoms with Crippen molar-refractivity contribution in [3.05, 3.63) is 84.4 Å². The van der Waals surface area contributed by atoms with Crippen LogP contribution in [-0.4, -0.2) is 12.5 Å². The Bertz CT molecular complexity index is 932. The number of hydrogen-bond donors (Lipinski definition) is 2. The number of nitrogens with zero attached hydrogens (tertiary/aromatic N) is 1. The van der Waals surface area contributed by atoms with Crippen molar-refractivity contribution in [2.75, 3.05) is 17.2 Å². The van der Waals surface area contributed by atoms with Crippen molar-refractivity contribution in [3.8, 4) is 11.8 Å². The van der Waals surface area contributed by atoms with Gasteiger partial charge in [-0.3, -0.25) is 4.79 Å². The molecule has 3 rings (SSSR count). The molecule has 0 atom stereocenters. The smallest absolute Gasteiger partial charge is 0.227 e. The molecule has 0 radical (unpaired) electrons. The van der Waals surface area contributed by atoms with Gasteiger partial charge in [-0.25, -0.2) is 0 Å². The predicted molar refractivity (Wildman–Crippen MR) is 106 cm³/mol. The van der Waals surface area contributed by atoms with Gasteiger partial charge in [0.1, 0.15) is 11.8 Å². The summed E-state index contributed by atoms with van der Waals surface area (Å²) in [6.07, 6.45) is 0.268. The summed E-state index contributed by atoms with van der Waals surface area (Å²) in [7, 11) is 0. The van der Waals surface area contributed by atoms with Crippen molar-refractivity contribution in [2.24, 2.45) is 0 Å². The van der Waals surface area contributed by atoms with E-state index in [4.69, 9.17) is 10.00 Å². The molecule has 27 heavy (non-hydrogen) atoms. The second-order valence-corrected chi connectivity index (χ2v) is 5.82. The summed E-state index contributed by atoms with van der Waals surface area (Å²) in [5, 5.41) is 15.2. The van der Waals surface area contributed by atoms with Crippen LogP contribution in [-0.2, 0) is 4.79 Å². The summed E-state index contributed by atoms with van der Waals surface area (Å²) < 4.78 is 5.52. The van der Waals surface area contributed by atoms with Crippen LogP contribution in [0.15, 0.2) is 78.9 Å². The third kappa shape index (κ3) is 5.35. The van der Waals surface area contributed by atoms with Gasteiger partial charge in [-0.15, -0.1) is 0 Å². The molecule has 0 aliphatic carbocycles. The van der Waals surface area contributed by atoms with Crippen molar-refractivity contribution in [1.29, 1.82) is 5.26 Å². The average Bonchev–Trinajstić information content (AvgIpc) is 2.71. The van der Waals surface area contributed by atoms with Crippen LogP contribution in [0.4, 0.5) is 17.1 Å². The zero-order valence-corrected chi connectivity index (χ0v) is 14.7. The fourth-order valence-corrected chi connectivity index (χ4v) is 2.48. The molecule has 0 saturated heterocycles. The summed E-state index contributed by atoms with van der Waals surface area (Å²) in [5.41, 5.74) is 2.87. The van der Waals surface area contributed by atoms with Crippen LogP contribution in [0.2, 0.25) is 0 Å². The maximum Gasteiger partial charge on any atom is 0.227 e. The monoisotopic (exact) mass is 357 g/mol. The van der Waals surface area contributed by atoms with E-state index in [0.29, 0.717) is 17.9 Å². The first-order chi connectivity index (χ1) is 13.2. The molecule has 2 N–H and O–H groups in total. The molecule has 0 heterocycles. The van der Waals surface area contributed by atoms with Crippen LogP contribution >= 0.6 is 0 Å². The Morgan fingerprint density at radius 1 is 0.889 bits per heavy atom. The molecule has 134 valence electrons. The Kier molecular flexibility index (Phi) is 6.05. The van der Waals surface area contributed by atoms with E-state index in [1.54, 1.807) is 6.07 Å². The van der Waals surface area contributed by atoms with Crippen molar-refractivity contribution >= 4 is 23.0 Å². The summed E-state index contributed by atoms with van der Waals surface area (Å²) in [6.45, 7) is 0.320. The van der Waals surface area contributed by atoms with Gasteiger partial charge in [0.2, 0.25) is 5.91 Å². The van der Waals surface area contributed by atoms with Gasteiger partial charge < -0.3 is 15.4 Å². The van der Waals surface area contributed by atoms with Gasteiger partial charge in [-0.1, -0.05) is 30.3 Å². The second kappa shape index (κ2) is 9.07. The first kappa shape index (κ1) is 18.0. The van der Waals surface area contributed by atoms with E-state index >= 15 is 0 Å². The summed E-state index contributed by atoms with van der Waals surface area (Å²) in [6, 6.07) is 26.2.